The Balaban J connectivity index is 1.99. The Labute approximate surface area is 117 Å². The first-order valence-electron chi connectivity index (χ1n) is 6.57. The van der Waals surface area contributed by atoms with E-state index in [1.165, 1.54) is 5.39 Å². The Morgan fingerprint density at radius 1 is 1.05 bits per heavy atom. The van der Waals surface area contributed by atoms with Crippen LogP contribution in [0.3, 0.4) is 0 Å². The Morgan fingerprint density at radius 2 is 2.00 bits per heavy atom. The maximum absolute atomic E-state index is 5.75. The third-order valence-corrected chi connectivity index (χ3v) is 3.43. The van der Waals surface area contributed by atoms with Gasteiger partial charge in [-0.15, -0.1) is 0 Å². The molecule has 3 aromatic rings. The van der Waals surface area contributed by atoms with E-state index in [-0.39, 0.29) is 6.04 Å². The molecule has 100 valence electrons. The molecule has 0 saturated carbocycles. The normalized spacial score (nSPS) is 12.4. The summed E-state index contributed by atoms with van der Waals surface area (Å²) >= 11 is 0. The van der Waals surface area contributed by atoms with Crippen molar-refractivity contribution in [1.29, 1.82) is 0 Å². The number of benzene rings is 1. The van der Waals surface area contributed by atoms with Gasteiger partial charge in [0.15, 0.2) is 0 Å². The second-order valence-electron chi connectivity index (χ2n) is 4.69. The van der Waals surface area contributed by atoms with Crippen LogP contribution in [0.2, 0.25) is 0 Å². The van der Waals surface area contributed by atoms with Crippen LogP contribution < -0.4 is 11.3 Å². The monoisotopic (exact) mass is 264 g/mol. The van der Waals surface area contributed by atoms with Crippen LogP contribution in [-0.4, -0.2) is 9.97 Å². The van der Waals surface area contributed by atoms with Crippen LogP contribution in [0.5, 0.6) is 0 Å². The summed E-state index contributed by atoms with van der Waals surface area (Å²) in [7, 11) is 0. The van der Waals surface area contributed by atoms with Crippen molar-refractivity contribution in [1.82, 2.24) is 15.4 Å². The second kappa shape index (κ2) is 5.77. The van der Waals surface area contributed by atoms with E-state index in [2.05, 4.69) is 27.5 Å². The van der Waals surface area contributed by atoms with Crippen molar-refractivity contribution in [3.8, 4) is 0 Å². The van der Waals surface area contributed by atoms with E-state index < -0.39 is 0 Å². The van der Waals surface area contributed by atoms with Gasteiger partial charge in [0.2, 0.25) is 0 Å². The summed E-state index contributed by atoms with van der Waals surface area (Å²) in [6.07, 6.45) is 6.22. The highest BCUT2D eigenvalue weighted by Gasteiger charge is 2.14. The molecule has 0 saturated heterocycles. The molecule has 1 unspecified atom stereocenters. The molecule has 2 heterocycles. The van der Waals surface area contributed by atoms with E-state index in [1.54, 1.807) is 12.4 Å². The molecule has 0 bridgehead atoms. The first-order valence-corrected chi connectivity index (χ1v) is 6.57. The molecule has 0 radical (unpaired) electrons. The summed E-state index contributed by atoms with van der Waals surface area (Å²) in [6, 6.07) is 14.1. The zero-order valence-corrected chi connectivity index (χ0v) is 11.0. The Kier molecular flexibility index (Phi) is 3.67. The largest absolute Gasteiger partial charge is 0.271 e. The van der Waals surface area contributed by atoms with Crippen molar-refractivity contribution in [3.05, 3.63) is 72.3 Å². The SMILES string of the molecule is NNC(Cc1ccccn1)c1cccc2cnccc12. The minimum atomic E-state index is 0.0241. The third-order valence-electron chi connectivity index (χ3n) is 3.43. The number of aromatic nitrogens is 2. The lowest BCUT2D eigenvalue weighted by Gasteiger charge is -2.18. The van der Waals surface area contributed by atoms with Crippen molar-refractivity contribution in [2.24, 2.45) is 5.84 Å². The zero-order chi connectivity index (χ0) is 13.8. The molecule has 0 amide bonds. The molecule has 3 N–H and O–H groups in total. The van der Waals surface area contributed by atoms with E-state index in [1.807, 2.05) is 36.5 Å². The van der Waals surface area contributed by atoms with Crippen LogP contribution in [0.1, 0.15) is 17.3 Å². The van der Waals surface area contributed by atoms with Gasteiger partial charge in [0.1, 0.15) is 0 Å². The average Bonchev–Trinajstić information content (AvgIpc) is 2.53. The molecule has 4 nitrogen and oxygen atoms in total. The second-order valence-corrected chi connectivity index (χ2v) is 4.69. The molecule has 2 aromatic heterocycles. The van der Waals surface area contributed by atoms with Gasteiger partial charge in [-0.3, -0.25) is 21.2 Å². The predicted octanol–water partition coefficient (Wildman–Crippen LogP) is 2.38. The fraction of sp³-hybridized carbons (Fsp3) is 0.125. The fourth-order valence-corrected chi connectivity index (χ4v) is 2.44. The maximum Gasteiger partial charge on any atom is 0.0521 e. The van der Waals surface area contributed by atoms with Gasteiger partial charge in [0, 0.05) is 36.1 Å². The molecular weight excluding hydrogens is 248 g/mol. The Morgan fingerprint density at radius 3 is 2.80 bits per heavy atom. The highest BCUT2D eigenvalue weighted by Crippen LogP contribution is 2.25. The van der Waals surface area contributed by atoms with Crippen LogP contribution in [0.4, 0.5) is 0 Å². The molecule has 20 heavy (non-hydrogen) atoms. The number of hydrazine groups is 1. The number of nitrogens with two attached hydrogens (primary N) is 1. The lowest BCUT2D eigenvalue weighted by Crippen LogP contribution is -2.30. The highest BCUT2D eigenvalue weighted by atomic mass is 15.2. The molecule has 0 spiro atoms. The van der Waals surface area contributed by atoms with Gasteiger partial charge < -0.3 is 0 Å². The number of pyridine rings is 2. The van der Waals surface area contributed by atoms with Crippen LogP contribution >= 0.6 is 0 Å². The first-order chi connectivity index (χ1) is 9.88. The van der Waals surface area contributed by atoms with Crippen molar-refractivity contribution < 1.29 is 0 Å². The van der Waals surface area contributed by atoms with Crippen molar-refractivity contribution >= 4 is 10.8 Å². The Bertz CT molecular complexity index is 692. The van der Waals surface area contributed by atoms with Gasteiger partial charge in [-0.1, -0.05) is 24.3 Å². The number of hydrogen-bond acceptors (Lipinski definition) is 4. The maximum atomic E-state index is 5.75. The van der Waals surface area contributed by atoms with Gasteiger partial charge in [0.05, 0.1) is 6.04 Å². The molecule has 1 atom stereocenters. The van der Waals surface area contributed by atoms with E-state index >= 15 is 0 Å². The summed E-state index contributed by atoms with van der Waals surface area (Å²) in [5.74, 6) is 5.75. The van der Waals surface area contributed by atoms with Gasteiger partial charge in [-0.25, -0.2) is 0 Å². The smallest absolute Gasteiger partial charge is 0.0521 e. The summed E-state index contributed by atoms with van der Waals surface area (Å²) in [5, 5.41) is 2.28. The van der Waals surface area contributed by atoms with Gasteiger partial charge >= 0.3 is 0 Å². The summed E-state index contributed by atoms with van der Waals surface area (Å²) in [6.45, 7) is 0. The summed E-state index contributed by atoms with van der Waals surface area (Å²) in [5.41, 5.74) is 5.08. The van der Waals surface area contributed by atoms with Crippen molar-refractivity contribution in [3.63, 3.8) is 0 Å². The average molecular weight is 264 g/mol. The van der Waals surface area contributed by atoms with Crippen molar-refractivity contribution in [2.45, 2.75) is 12.5 Å². The van der Waals surface area contributed by atoms with Crippen LogP contribution in [0.25, 0.3) is 10.8 Å². The fourth-order valence-electron chi connectivity index (χ4n) is 2.44. The molecule has 0 aliphatic carbocycles. The molecule has 0 aliphatic rings. The zero-order valence-electron chi connectivity index (χ0n) is 11.0. The van der Waals surface area contributed by atoms with Gasteiger partial charge in [0.25, 0.3) is 0 Å². The number of fused-ring (bicyclic) bond motifs is 1. The topological polar surface area (TPSA) is 63.8 Å². The number of nitrogens with zero attached hydrogens (tertiary/aromatic N) is 2. The standard InChI is InChI=1S/C16H16N4/c17-20-16(10-13-5-1-2-8-19-13)15-6-3-4-12-11-18-9-7-14(12)15/h1-9,11,16,20H,10,17H2. The third kappa shape index (κ3) is 2.52. The van der Waals surface area contributed by atoms with Crippen LogP contribution in [0, 0.1) is 0 Å². The number of hydrogen-bond donors (Lipinski definition) is 2. The molecule has 0 aliphatic heterocycles. The minimum Gasteiger partial charge on any atom is -0.271 e. The van der Waals surface area contributed by atoms with Crippen LogP contribution in [0.15, 0.2) is 61.1 Å². The molecule has 1 aromatic carbocycles. The molecule has 3 rings (SSSR count). The Hall–Kier alpha value is -2.30. The quantitative estimate of drug-likeness (QED) is 0.561. The predicted molar refractivity (Wildman–Crippen MR) is 79.7 cm³/mol. The first kappa shape index (κ1) is 12.7. The minimum absolute atomic E-state index is 0.0241. The van der Waals surface area contributed by atoms with Crippen LogP contribution in [-0.2, 0) is 6.42 Å². The van der Waals surface area contributed by atoms with E-state index in [0.717, 1.165) is 23.1 Å². The lowest BCUT2D eigenvalue weighted by molar-refractivity contribution is 0.549. The molecular formula is C16H16N4. The summed E-state index contributed by atoms with van der Waals surface area (Å²) < 4.78 is 0. The van der Waals surface area contributed by atoms with Gasteiger partial charge in [-0.05, 0) is 29.1 Å². The number of nitrogens with one attached hydrogen (secondary N) is 1. The van der Waals surface area contributed by atoms with E-state index in [9.17, 15) is 0 Å². The molecule has 4 heteroatoms. The summed E-state index contributed by atoms with van der Waals surface area (Å²) in [4.78, 5) is 8.52. The van der Waals surface area contributed by atoms with E-state index in [0.29, 0.717) is 0 Å². The van der Waals surface area contributed by atoms with Gasteiger partial charge in [-0.2, -0.15) is 0 Å². The van der Waals surface area contributed by atoms with Crippen molar-refractivity contribution in [2.75, 3.05) is 0 Å². The highest BCUT2D eigenvalue weighted by molar-refractivity contribution is 5.85. The lowest BCUT2D eigenvalue weighted by atomic mass is 9.97. The number of rotatable bonds is 4. The van der Waals surface area contributed by atoms with E-state index in [4.69, 9.17) is 5.84 Å². The molecule has 0 fully saturated rings.